The Kier molecular flexibility index (Phi) is 3.39. The van der Waals surface area contributed by atoms with Crippen LogP contribution in [0.1, 0.15) is 29.6 Å². The first-order valence-corrected chi connectivity index (χ1v) is 6.96. The average Bonchev–Trinajstić information content (AvgIpc) is 3.32. The predicted molar refractivity (Wildman–Crippen MR) is 78.2 cm³/mol. The van der Waals surface area contributed by atoms with Crippen molar-refractivity contribution >= 4 is 16.7 Å². The van der Waals surface area contributed by atoms with Gasteiger partial charge in [-0.3, -0.25) is 4.79 Å². The first kappa shape index (κ1) is 12.7. The minimum atomic E-state index is 0.0495. The summed E-state index contributed by atoms with van der Waals surface area (Å²) in [5.74, 6) is 0.0495. The maximum absolute atomic E-state index is 12.6. The van der Waals surface area contributed by atoms with Gasteiger partial charge >= 0.3 is 0 Å². The second-order valence-electron chi connectivity index (χ2n) is 5.20. The van der Waals surface area contributed by atoms with E-state index in [-0.39, 0.29) is 5.91 Å². The van der Waals surface area contributed by atoms with E-state index in [1.54, 1.807) is 0 Å². The second kappa shape index (κ2) is 5.34. The molecule has 3 heteroatoms. The van der Waals surface area contributed by atoms with E-state index >= 15 is 0 Å². The number of nitriles is 1. The number of hydrogen-bond donors (Lipinski definition) is 0. The Labute approximate surface area is 118 Å². The molecule has 0 saturated heterocycles. The van der Waals surface area contributed by atoms with E-state index in [0.29, 0.717) is 24.6 Å². The third-order valence-corrected chi connectivity index (χ3v) is 3.71. The fraction of sp³-hybridized carbons (Fsp3) is 0.294. The van der Waals surface area contributed by atoms with Crippen molar-refractivity contribution in [2.45, 2.75) is 25.3 Å². The number of carbonyl (C=O) groups is 1. The van der Waals surface area contributed by atoms with Crippen molar-refractivity contribution in [3.8, 4) is 6.07 Å². The average molecular weight is 264 g/mol. The highest BCUT2D eigenvalue weighted by molar-refractivity contribution is 5.98. The van der Waals surface area contributed by atoms with Gasteiger partial charge in [-0.15, -0.1) is 0 Å². The van der Waals surface area contributed by atoms with Crippen molar-refractivity contribution in [3.63, 3.8) is 0 Å². The van der Waals surface area contributed by atoms with Crippen molar-refractivity contribution in [3.05, 3.63) is 48.0 Å². The number of nitrogens with zero attached hydrogens (tertiary/aromatic N) is 2. The smallest absolute Gasteiger partial charge is 0.254 e. The van der Waals surface area contributed by atoms with Crippen molar-refractivity contribution in [2.75, 3.05) is 6.54 Å². The standard InChI is InChI=1S/C17H16N2O/c18-10-3-11-19(16-8-9-16)17(20)15-7-6-13-4-1-2-5-14(13)12-15/h1-2,4-7,12,16H,3,8-9,11H2. The zero-order valence-electron chi connectivity index (χ0n) is 11.2. The lowest BCUT2D eigenvalue weighted by atomic mass is 10.1. The Bertz CT molecular complexity index is 683. The van der Waals surface area contributed by atoms with Crippen LogP contribution in [0.25, 0.3) is 10.8 Å². The van der Waals surface area contributed by atoms with Crippen LogP contribution in [-0.4, -0.2) is 23.4 Å². The van der Waals surface area contributed by atoms with Gasteiger partial charge in [-0.2, -0.15) is 5.26 Å². The third kappa shape index (κ3) is 2.50. The van der Waals surface area contributed by atoms with Gasteiger partial charge in [0.05, 0.1) is 12.5 Å². The quantitative estimate of drug-likeness (QED) is 0.850. The molecule has 1 aliphatic carbocycles. The van der Waals surface area contributed by atoms with Gasteiger partial charge in [-0.25, -0.2) is 0 Å². The summed E-state index contributed by atoms with van der Waals surface area (Å²) in [4.78, 5) is 14.4. The van der Waals surface area contributed by atoms with Gasteiger partial charge in [0.2, 0.25) is 0 Å². The molecule has 1 saturated carbocycles. The second-order valence-corrected chi connectivity index (χ2v) is 5.20. The van der Waals surface area contributed by atoms with Crippen LogP contribution in [0.15, 0.2) is 42.5 Å². The van der Waals surface area contributed by atoms with E-state index in [1.165, 1.54) is 0 Å². The van der Waals surface area contributed by atoms with Crippen LogP contribution in [-0.2, 0) is 0 Å². The van der Waals surface area contributed by atoms with E-state index in [0.717, 1.165) is 23.6 Å². The SMILES string of the molecule is N#CCCN(C(=O)c1ccc2ccccc2c1)C1CC1. The van der Waals surface area contributed by atoms with Gasteiger partial charge in [0, 0.05) is 18.2 Å². The summed E-state index contributed by atoms with van der Waals surface area (Å²) in [7, 11) is 0. The van der Waals surface area contributed by atoms with E-state index in [4.69, 9.17) is 5.26 Å². The zero-order valence-corrected chi connectivity index (χ0v) is 11.2. The van der Waals surface area contributed by atoms with Gasteiger partial charge in [0.25, 0.3) is 5.91 Å². The molecule has 1 fully saturated rings. The Morgan fingerprint density at radius 2 is 1.95 bits per heavy atom. The molecule has 0 atom stereocenters. The first-order valence-electron chi connectivity index (χ1n) is 6.96. The van der Waals surface area contributed by atoms with E-state index < -0.39 is 0 Å². The normalized spacial score (nSPS) is 13.9. The van der Waals surface area contributed by atoms with Crippen LogP contribution in [0, 0.1) is 11.3 Å². The molecule has 3 nitrogen and oxygen atoms in total. The van der Waals surface area contributed by atoms with Crippen LogP contribution in [0.3, 0.4) is 0 Å². The number of benzene rings is 2. The monoisotopic (exact) mass is 264 g/mol. The number of amides is 1. The highest BCUT2D eigenvalue weighted by Gasteiger charge is 2.32. The maximum atomic E-state index is 12.6. The molecule has 0 N–H and O–H groups in total. The topological polar surface area (TPSA) is 44.1 Å². The molecule has 100 valence electrons. The summed E-state index contributed by atoms with van der Waals surface area (Å²) < 4.78 is 0. The minimum Gasteiger partial charge on any atom is -0.335 e. The molecule has 0 aromatic heterocycles. The summed E-state index contributed by atoms with van der Waals surface area (Å²) in [5, 5.41) is 10.9. The van der Waals surface area contributed by atoms with E-state index in [9.17, 15) is 4.79 Å². The van der Waals surface area contributed by atoms with Crippen molar-refractivity contribution in [2.24, 2.45) is 0 Å². The molecule has 2 aromatic rings. The summed E-state index contributed by atoms with van der Waals surface area (Å²) in [6, 6.07) is 16.3. The fourth-order valence-electron chi connectivity index (χ4n) is 2.49. The lowest BCUT2D eigenvalue weighted by Crippen LogP contribution is -2.33. The first-order chi connectivity index (χ1) is 9.79. The lowest BCUT2D eigenvalue weighted by molar-refractivity contribution is 0.0747. The Morgan fingerprint density at radius 1 is 1.20 bits per heavy atom. The number of carbonyl (C=O) groups excluding carboxylic acids is 1. The number of rotatable bonds is 4. The van der Waals surface area contributed by atoms with Crippen molar-refractivity contribution < 1.29 is 4.79 Å². The van der Waals surface area contributed by atoms with E-state index in [1.807, 2.05) is 47.4 Å². The Hall–Kier alpha value is -2.34. The van der Waals surface area contributed by atoms with Crippen LogP contribution < -0.4 is 0 Å². The van der Waals surface area contributed by atoms with Gasteiger partial charge in [0.1, 0.15) is 0 Å². The summed E-state index contributed by atoms with van der Waals surface area (Å²) in [6.07, 6.45) is 2.52. The zero-order chi connectivity index (χ0) is 13.9. The molecule has 3 rings (SSSR count). The highest BCUT2D eigenvalue weighted by Crippen LogP contribution is 2.29. The molecule has 0 aliphatic heterocycles. The van der Waals surface area contributed by atoms with Gasteiger partial charge in [0.15, 0.2) is 0 Å². The van der Waals surface area contributed by atoms with Crippen LogP contribution >= 0.6 is 0 Å². The van der Waals surface area contributed by atoms with E-state index in [2.05, 4.69) is 6.07 Å². The van der Waals surface area contributed by atoms with Crippen LogP contribution in [0.2, 0.25) is 0 Å². The highest BCUT2D eigenvalue weighted by atomic mass is 16.2. The molecule has 20 heavy (non-hydrogen) atoms. The molecule has 0 heterocycles. The maximum Gasteiger partial charge on any atom is 0.254 e. The largest absolute Gasteiger partial charge is 0.335 e. The number of hydrogen-bond acceptors (Lipinski definition) is 2. The van der Waals surface area contributed by atoms with Crippen molar-refractivity contribution in [1.29, 1.82) is 5.26 Å². The molecule has 1 amide bonds. The molecule has 1 aliphatic rings. The summed E-state index contributed by atoms with van der Waals surface area (Å²) >= 11 is 0. The van der Waals surface area contributed by atoms with Crippen LogP contribution in [0.5, 0.6) is 0 Å². The minimum absolute atomic E-state index is 0.0495. The molecule has 0 radical (unpaired) electrons. The summed E-state index contributed by atoms with van der Waals surface area (Å²) in [6.45, 7) is 0.535. The molecular formula is C17H16N2O. The fourth-order valence-corrected chi connectivity index (χ4v) is 2.49. The Morgan fingerprint density at radius 3 is 2.65 bits per heavy atom. The Balaban J connectivity index is 1.88. The predicted octanol–water partition coefficient (Wildman–Crippen LogP) is 3.36. The van der Waals surface area contributed by atoms with Gasteiger partial charge in [-0.05, 0) is 35.7 Å². The van der Waals surface area contributed by atoms with Crippen molar-refractivity contribution in [1.82, 2.24) is 4.90 Å². The molecule has 0 unspecified atom stereocenters. The van der Waals surface area contributed by atoms with Gasteiger partial charge < -0.3 is 4.90 Å². The molecule has 0 spiro atoms. The summed E-state index contributed by atoms with van der Waals surface area (Å²) in [5.41, 5.74) is 0.716. The van der Waals surface area contributed by atoms with Gasteiger partial charge in [-0.1, -0.05) is 30.3 Å². The molecular weight excluding hydrogens is 248 g/mol. The molecule has 0 bridgehead atoms. The molecule has 2 aromatic carbocycles. The number of fused-ring (bicyclic) bond motifs is 1. The van der Waals surface area contributed by atoms with Crippen LogP contribution in [0.4, 0.5) is 0 Å². The third-order valence-electron chi connectivity index (χ3n) is 3.71. The lowest BCUT2D eigenvalue weighted by Gasteiger charge is -2.21.